The summed E-state index contributed by atoms with van der Waals surface area (Å²) in [6.45, 7) is 1.89. The average Bonchev–Trinajstić information content (AvgIpc) is 3.18. The number of fused-ring (bicyclic) bond motifs is 2. The molecule has 29 heavy (non-hydrogen) atoms. The molecule has 2 amide bonds. The molecule has 7 nitrogen and oxygen atoms in total. The minimum Gasteiger partial charge on any atom is -0.508 e. The van der Waals surface area contributed by atoms with Crippen LogP contribution in [-0.4, -0.2) is 56.3 Å². The Kier molecular flexibility index (Phi) is 4.33. The molecule has 2 fully saturated rings. The molecule has 0 atom stereocenters. The van der Waals surface area contributed by atoms with Gasteiger partial charge in [-0.15, -0.1) is 0 Å². The predicted molar refractivity (Wildman–Crippen MR) is 106 cm³/mol. The maximum atomic E-state index is 13.2. The summed E-state index contributed by atoms with van der Waals surface area (Å²) < 4.78 is 0. The third-order valence-corrected chi connectivity index (χ3v) is 6.97. The van der Waals surface area contributed by atoms with Gasteiger partial charge in [0.2, 0.25) is 5.91 Å². The van der Waals surface area contributed by atoms with E-state index < -0.39 is 5.54 Å². The zero-order valence-corrected chi connectivity index (χ0v) is 16.4. The number of imidazole rings is 1. The number of carbonyl (C=O) groups excluding carboxylic acids is 2. The summed E-state index contributed by atoms with van der Waals surface area (Å²) in [6, 6.07) is 6.38. The van der Waals surface area contributed by atoms with E-state index >= 15 is 0 Å². The lowest BCUT2D eigenvalue weighted by Gasteiger charge is -2.51. The first-order valence-corrected chi connectivity index (χ1v) is 10.5. The first kappa shape index (κ1) is 18.2. The van der Waals surface area contributed by atoms with Gasteiger partial charge in [-0.3, -0.25) is 9.59 Å². The van der Waals surface area contributed by atoms with Crippen LogP contribution in [0.3, 0.4) is 0 Å². The topological polar surface area (TPSA) is 89.5 Å². The van der Waals surface area contributed by atoms with Gasteiger partial charge in [-0.25, -0.2) is 4.98 Å². The smallest absolute Gasteiger partial charge is 0.253 e. The molecule has 2 aliphatic heterocycles. The first-order valence-electron chi connectivity index (χ1n) is 10.5. The third kappa shape index (κ3) is 2.91. The van der Waals surface area contributed by atoms with Crippen molar-refractivity contribution in [1.29, 1.82) is 0 Å². The van der Waals surface area contributed by atoms with Crippen LogP contribution < -0.4 is 0 Å². The van der Waals surface area contributed by atoms with E-state index in [0.717, 1.165) is 43.6 Å². The van der Waals surface area contributed by atoms with Crippen molar-refractivity contribution >= 4 is 11.8 Å². The Morgan fingerprint density at radius 2 is 1.83 bits per heavy atom. The van der Waals surface area contributed by atoms with E-state index in [1.165, 1.54) is 12.1 Å². The number of nitrogens with zero attached hydrogens (tertiary/aromatic N) is 3. The van der Waals surface area contributed by atoms with Crippen LogP contribution in [0.2, 0.25) is 0 Å². The fraction of sp³-hybridized carbons (Fsp3) is 0.500. The minimum absolute atomic E-state index is 0.0326. The summed E-state index contributed by atoms with van der Waals surface area (Å²) in [5.41, 5.74) is 2.28. The van der Waals surface area contributed by atoms with Crippen molar-refractivity contribution in [3.05, 3.63) is 47.5 Å². The number of H-pyrrole nitrogens is 1. The summed E-state index contributed by atoms with van der Waals surface area (Å²) in [5, 5.41) is 9.47. The Labute approximate surface area is 169 Å². The van der Waals surface area contributed by atoms with Crippen molar-refractivity contribution in [3.63, 3.8) is 0 Å². The Hall–Kier alpha value is -2.83. The second kappa shape index (κ2) is 6.90. The normalized spacial score (nSPS) is 21.0. The summed E-state index contributed by atoms with van der Waals surface area (Å²) in [7, 11) is 0. The quantitative estimate of drug-likeness (QED) is 0.819. The molecular weight excluding hydrogens is 368 g/mol. The molecule has 3 aliphatic rings. The number of rotatable bonds is 2. The fourth-order valence-corrected chi connectivity index (χ4v) is 5.05. The van der Waals surface area contributed by atoms with Crippen LogP contribution in [-0.2, 0) is 16.8 Å². The Morgan fingerprint density at radius 3 is 2.48 bits per heavy atom. The maximum absolute atomic E-state index is 13.2. The summed E-state index contributed by atoms with van der Waals surface area (Å²) in [6.07, 6.45) is 7.07. The molecule has 1 saturated carbocycles. The van der Waals surface area contributed by atoms with Gasteiger partial charge in [-0.2, -0.15) is 0 Å². The SMILES string of the molecule is O=C(c1ccc(O)cc1)N1CCC2(CC1)c1nc[nH]c1CCN2C(=O)C1CCC1. The Morgan fingerprint density at radius 1 is 1.10 bits per heavy atom. The molecule has 1 aromatic carbocycles. The highest BCUT2D eigenvalue weighted by Gasteiger charge is 2.50. The number of phenols is 1. The highest BCUT2D eigenvalue weighted by atomic mass is 16.3. The zero-order valence-electron chi connectivity index (χ0n) is 16.4. The lowest BCUT2D eigenvalue weighted by molar-refractivity contribution is -0.148. The van der Waals surface area contributed by atoms with E-state index in [1.54, 1.807) is 18.5 Å². The zero-order chi connectivity index (χ0) is 20.0. The van der Waals surface area contributed by atoms with E-state index in [0.29, 0.717) is 31.5 Å². The number of likely N-dealkylation sites (tertiary alicyclic amines) is 1. The van der Waals surface area contributed by atoms with Gasteiger partial charge < -0.3 is 19.9 Å². The largest absolute Gasteiger partial charge is 0.508 e. The van der Waals surface area contributed by atoms with E-state index in [4.69, 9.17) is 0 Å². The van der Waals surface area contributed by atoms with Gasteiger partial charge in [0.1, 0.15) is 5.75 Å². The molecule has 1 aromatic heterocycles. The van der Waals surface area contributed by atoms with Crippen LogP contribution in [0.4, 0.5) is 0 Å². The molecule has 152 valence electrons. The highest BCUT2D eigenvalue weighted by Crippen LogP contribution is 2.44. The molecule has 1 saturated heterocycles. The summed E-state index contributed by atoms with van der Waals surface area (Å²) in [5.74, 6) is 0.541. The monoisotopic (exact) mass is 394 g/mol. The number of piperidine rings is 1. The highest BCUT2D eigenvalue weighted by molar-refractivity contribution is 5.94. The molecule has 2 N–H and O–H groups in total. The van der Waals surface area contributed by atoms with Crippen LogP contribution in [0, 0.1) is 5.92 Å². The number of hydrogen-bond donors (Lipinski definition) is 2. The number of nitrogens with one attached hydrogen (secondary N) is 1. The van der Waals surface area contributed by atoms with Gasteiger partial charge in [0.15, 0.2) is 0 Å². The number of aromatic nitrogens is 2. The Bertz CT molecular complexity index is 924. The molecule has 0 radical (unpaired) electrons. The van der Waals surface area contributed by atoms with Crippen molar-refractivity contribution in [2.24, 2.45) is 5.92 Å². The number of benzene rings is 1. The van der Waals surface area contributed by atoms with E-state index in [1.807, 2.05) is 4.90 Å². The molecular formula is C22H26N4O3. The van der Waals surface area contributed by atoms with Crippen molar-refractivity contribution < 1.29 is 14.7 Å². The van der Waals surface area contributed by atoms with Crippen LogP contribution in [0.25, 0.3) is 0 Å². The second-order valence-electron chi connectivity index (χ2n) is 8.47. The molecule has 2 aromatic rings. The number of aromatic amines is 1. The fourth-order valence-electron chi connectivity index (χ4n) is 5.05. The van der Waals surface area contributed by atoms with Gasteiger partial charge in [0.25, 0.3) is 5.91 Å². The van der Waals surface area contributed by atoms with Gasteiger partial charge in [-0.1, -0.05) is 6.42 Å². The molecule has 0 unspecified atom stereocenters. The third-order valence-electron chi connectivity index (χ3n) is 6.97. The lowest BCUT2D eigenvalue weighted by atomic mass is 9.76. The predicted octanol–water partition coefficient (Wildman–Crippen LogP) is 2.43. The molecule has 1 spiro atoms. The number of phenolic OH excluding ortho intramolecular Hbond substituents is 1. The van der Waals surface area contributed by atoms with Crippen molar-refractivity contribution in [2.75, 3.05) is 19.6 Å². The molecule has 3 heterocycles. The Balaban J connectivity index is 1.39. The van der Waals surface area contributed by atoms with Gasteiger partial charge >= 0.3 is 0 Å². The molecule has 5 rings (SSSR count). The van der Waals surface area contributed by atoms with Gasteiger partial charge in [-0.05, 0) is 49.9 Å². The van der Waals surface area contributed by atoms with Gasteiger partial charge in [0, 0.05) is 43.2 Å². The standard InChI is InChI=1S/C22H26N4O3/c27-17-6-4-16(5-7-17)20(28)25-12-9-22(10-13-25)19-18(23-14-24-19)8-11-26(22)21(29)15-2-1-3-15/h4-7,14-15,27H,1-3,8-13H2,(H,23,24). The second-order valence-corrected chi connectivity index (χ2v) is 8.47. The maximum Gasteiger partial charge on any atom is 0.253 e. The molecule has 0 bridgehead atoms. The number of hydrogen-bond acceptors (Lipinski definition) is 4. The van der Waals surface area contributed by atoms with E-state index in [2.05, 4.69) is 14.9 Å². The van der Waals surface area contributed by atoms with Crippen LogP contribution in [0.1, 0.15) is 53.8 Å². The van der Waals surface area contributed by atoms with E-state index in [9.17, 15) is 14.7 Å². The van der Waals surface area contributed by atoms with Crippen LogP contribution in [0.5, 0.6) is 5.75 Å². The number of carbonyl (C=O) groups is 2. The minimum atomic E-state index is -0.411. The van der Waals surface area contributed by atoms with E-state index in [-0.39, 0.29) is 23.5 Å². The molecule has 1 aliphatic carbocycles. The number of aromatic hydroxyl groups is 1. The van der Waals surface area contributed by atoms with Crippen LogP contribution in [0.15, 0.2) is 30.6 Å². The first-order chi connectivity index (χ1) is 14.1. The summed E-state index contributed by atoms with van der Waals surface area (Å²) >= 11 is 0. The summed E-state index contributed by atoms with van der Waals surface area (Å²) in [4.78, 5) is 38.0. The van der Waals surface area contributed by atoms with Crippen molar-refractivity contribution in [3.8, 4) is 5.75 Å². The van der Waals surface area contributed by atoms with Crippen LogP contribution >= 0.6 is 0 Å². The van der Waals surface area contributed by atoms with Gasteiger partial charge in [0.05, 0.1) is 17.6 Å². The van der Waals surface area contributed by atoms with Crippen molar-refractivity contribution in [2.45, 2.75) is 44.1 Å². The molecule has 7 heteroatoms. The lowest BCUT2D eigenvalue weighted by Crippen LogP contribution is -2.60. The van der Waals surface area contributed by atoms with Crippen molar-refractivity contribution in [1.82, 2.24) is 19.8 Å². The number of amides is 2. The average molecular weight is 394 g/mol.